The van der Waals surface area contributed by atoms with E-state index in [9.17, 15) is 4.79 Å². The lowest BCUT2D eigenvalue weighted by Crippen LogP contribution is -2.55. The number of unbranched alkanes of at least 4 members (excludes halogenated alkanes) is 1. The molecule has 0 aromatic carbocycles. The van der Waals surface area contributed by atoms with Crippen molar-refractivity contribution >= 4 is 17.7 Å². The highest BCUT2D eigenvalue weighted by Gasteiger charge is 2.30. The van der Waals surface area contributed by atoms with Crippen LogP contribution in [0, 0.1) is 0 Å². The summed E-state index contributed by atoms with van der Waals surface area (Å²) in [4.78, 5) is 11.6. The van der Waals surface area contributed by atoms with Gasteiger partial charge in [0.2, 0.25) is 5.91 Å². The molecule has 4 nitrogen and oxygen atoms in total. The van der Waals surface area contributed by atoms with Crippen molar-refractivity contribution < 1.29 is 9.53 Å². The zero-order valence-corrected chi connectivity index (χ0v) is 14.1. The summed E-state index contributed by atoms with van der Waals surface area (Å²) in [5.74, 6) is 0.881. The van der Waals surface area contributed by atoms with Crippen molar-refractivity contribution in [3.8, 4) is 0 Å². The van der Waals surface area contributed by atoms with Crippen LogP contribution in [-0.2, 0) is 9.53 Å². The van der Waals surface area contributed by atoms with Gasteiger partial charge in [-0.15, -0.1) is 0 Å². The lowest BCUT2D eigenvalue weighted by atomic mass is 9.93. The molecule has 0 aromatic rings. The Labute approximate surface area is 127 Å². The van der Waals surface area contributed by atoms with Crippen molar-refractivity contribution in [2.75, 3.05) is 12.4 Å². The molecule has 0 radical (unpaired) electrons. The van der Waals surface area contributed by atoms with Crippen molar-refractivity contribution in [1.82, 2.24) is 5.32 Å². The molecule has 3 N–H and O–H groups in total. The second kappa shape index (κ2) is 8.25. The summed E-state index contributed by atoms with van der Waals surface area (Å²) in [6.45, 7) is 9.05. The Balaban J connectivity index is 2.22. The summed E-state index contributed by atoms with van der Waals surface area (Å²) in [6.07, 6.45) is 4.50. The molecule has 20 heavy (non-hydrogen) atoms. The Kier molecular flexibility index (Phi) is 7.34. The Morgan fingerprint density at radius 3 is 2.70 bits per heavy atom. The molecule has 5 heteroatoms. The quantitative estimate of drug-likeness (QED) is 0.642. The molecule has 1 rings (SSSR count). The molecular formula is C15H30N2O2S. The van der Waals surface area contributed by atoms with E-state index >= 15 is 0 Å². The van der Waals surface area contributed by atoms with Crippen molar-refractivity contribution in [3.63, 3.8) is 0 Å². The molecule has 1 saturated heterocycles. The van der Waals surface area contributed by atoms with Gasteiger partial charge in [-0.05, 0) is 52.7 Å². The summed E-state index contributed by atoms with van der Waals surface area (Å²) in [6, 6.07) is 0.262. The fraction of sp³-hybridized carbons (Fsp3) is 0.933. The first-order chi connectivity index (χ1) is 9.35. The summed E-state index contributed by atoms with van der Waals surface area (Å²) in [5.41, 5.74) is 4.95. The maximum atomic E-state index is 11.6. The number of amides is 1. The molecule has 3 unspecified atom stereocenters. The molecule has 0 aromatic heterocycles. The predicted octanol–water partition coefficient (Wildman–Crippen LogP) is 2.31. The Morgan fingerprint density at radius 2 is 2.20 bits per heavy atom. The maximum Gasteiger partial charge on any atom is 0.237 e. The number of hydrogen-bond acceptors (Lipinski definition) is 4. The van der Waals surface area contributed by atoms with Crippen molar-refractivity contribution in [2.24, 2.45) is 5.73 Å². The molecular weight excluding hydrogens is 272 g/mol. The van der Waals surface area contributed by atoms with E-state index in [2.05, 4.69) is 12.2 Å². The lowest BCUT2D eigenvalue weighted by Gasteiger charge is -2.30. The highest BCUT2D eigenvalue weighted by Crippen LogP contribution is 2.27. The second-order valence-electron chi connectivity index (χ2n) is 6.23. The molecule has 1 aliphatic heterocycles. The zero-order valence-electron chi connectivity index (χ0n) is 13.3. The summed E-state index contributed by atoms with van der Waals surface area (Å²) in [7, 11) is 0. The fourth-order valence-corrected chi connectivity index (χ4v) is 3.94. The Morgan fingerprint density at radius 1 is 1.50 bits per heavy atom. The fourth-order valence-electron chi connectivity index (χ4n) is 2.65. The number of nitrogens with two attached hydrogens (primary N) is 1. The van der Waals surface area contributed by atoms with Gasteiger partial charge < -0.3 is 15.8 Å². The number of ether oxygens (including phenoxy) is 1. The average molecular weight is 302 g/mol. The van der Waals surface area contributed by atoms with E-state index < -0.39 is 5.54 Å². The highest BCUT2D eigenvalue weighted by atomic mass is 32.2. The molecule has 3 atom stereocenters. The van der Waals surface area contributed by atoms with Gasteiger partial charge in [0.15, 0.2) is 0 Å². The van der Waals surface area contributed by atoms with E-state index in [0.717, 1.165) is 31.6 Å². The van der Waals surface area contributed by atoms with Gasteiger partial charge in [-0.2, -0.15) is 11.8 Å². The third-order valence-corrected chi connectivity index (χ3v) is 5.43. The van der Waals surface area contributed by atoms with E-state index in [0.29, 0.717) is 11.4 Å². The van der Waals surface area contributed by atoms with Gasteiger partial charge in [-0.25, -0.2) is 0 Å². The summed E-state index contributed by atoms with van der Waals surface area (Å²) in [5, 5.41) is 3.94. The molecule has 1 fully saturated rings. The summed E-state index contributed by atoms with van der Waals surface area (Å²) >= 11 is 2.00. The van der Waals surface area contributed by atoms with E-state index in [4.69, 9.17) is 10.5 Å². The smallest absolute Gasteiger partial charge is 0.237 e. The van der Waals surface area contributed by atoms with Crippen LogP contribution >= 0.6 is 11.8 Å². The van der Waals surface area contributed by atoms with Crippen LogP contribution < -0.4 is 11.1 Å². The van der Waals surface area contributed by atoms with Gasteiger partial charge >= 0.3 is 0 Å². The molecule has 0 saturated carbocycles. The lowest BCUT2D eigenvalue weighted by molar-refractivity contribution is -0.124. The van der Waals surface area contributed by atoms with Crippen LogP contribution in [0.25, 0.3) is 0 Å². The van der Waals surface area contributed by atoms with Crippen LogP contribution in [-0.4, -0.2) is 41.2 Å². The van der Waals surface area contributed by atoms with E-state index in [1.54, 1.807) is 0 Å². The van der Waals surface area contributed by atoms with Gasteiger partial charge in [0.1, 0.15) is 0 Å². The Bertz CT molecular complexity index is 312. The molecule has 1 aliphatic rings. The van der Waals surface area contributed by atoms with Gasteiger partial charge in [0, 0.05) is 17.9 Å². The first kappa shape index (κ1) is 17.8. The van der Waals surface area contributed by atoms with Gasteiger partial charge in [-0.1, -0.05) is 6.42 Å². The topological polar surface area (TPSA) is 64.3 Å². The first-order valence-corrected chi connectivity index (χ1v) is 8.71. The average Bonchev–Trinajstić information content (AvgIpc) is 2.73. The SMILES string of the molecule is CC(C)NC(C)(CCCCSC1CCOC1C)C(N)=O. The molecule has 118 valence electrons. The minimum Gasteiger partial charge on any atom is -0.377 e. The standard InChI is InChI=1S/C15H30N2O2S/c1-11(2)17-15(4,14(16)18)8-5-6-10-20-13-7-9-19-12(13)3/h11-13,17H,5-10H2,1-4H3,(H2,16,18). The maximum absolute atomic E-state index is 11.6. The zero-order chi connectivity index (χ0) is 15.2. The third kappa shape index (κ3) is 5.62. The molecule has 1 amide bonds. The van der Waals surface area contributed by atoms with Crippen LogP contribution in [0.15, 0.2) is 0 Å². The normalized spacial score (nSPS) is 25.9. The first-order valence-electron chi connectivity index (χ1n) is 7.66. The van der Waals surface area contributed by atoms with Gasteiger partial charge in [0.05, 0.1) is 11.6 Å². The van der Waals surface area contributed by atoms with Crippen LogP contribution in [0.1, 0.15) is 53.4 Å². The Hall–Kier alpha value is -0.260. The molecule has 0 bridgehead atoms. The number of primary amides is 1. The largest absolute Gasteiger partial charge is 0.377 e. The number of thioether (sulfide) groups is 1. The highest BCUT2D eigenvalue weighted by molar-refractivity contribution is 7.99. The third-order valence-electron chi connectivity index (χ3n) is 3.86. The molecule has 1 heterocycles. The van der Waals surface area contributed by atoms with E-state index in [-0.39, 0.29) is 11.9 Å². The van der Waals surface area contributed by atoms with Crippen molar-refractivity contribution in [2.45, 2.75) is 76.3 Å². The van der Waals surface area contributed by atoms with E-state index in [1.807, 2.05) is 32.5 Å². The van der Waals surface area contributed by atoms with Crippen LogP contribution in [0.3, 0.4) is 0 Å². The van der Waals surface area contributed by atoms with E-state index in [1.165, 1.54) is 6.42 Å². The van der Waals surface area contributed by atoms with Crippen LogP contribution in [0.5, 0.6) is 0 Å². The minimum absolute atomic E-state index is 0.253. The molecule has 0 spiro atoms. The second-order valence-corrected chi connectivity index (χ2v) is 7.57. The van der Waals surface area contributed by atoms with Crippen LogP contribution in [0.2, 0.25) is 0 Å². The number of nitrogens with one attached hydrogen (secondary N) is 1. The number of hydrogen-bond donors (Lipinski definition) is 2. The van der Waals surface area contributed by atoms with Crippen molar-refractivity contribution in [1.29, 1.82) is 0 Å². The monoisotopic (exact) mass is 302 g/mol. The van der Waals surface area contributed by atoms with Gasteiger partial charge in [-0.3, -0.25) is 4.79 Å². The number of rotatable bonds is 9. The summed E-state index contributed by atoms with van der Waals surface area (Å²) < 4.78 is 5.56. The number of carbonyl (C=O) groups is 1. The van der Waals surface area contributed by atoms with Gasteiger partial charge in [0.25, 0.3) is 0 Å². The molecule has 0 aliphatic carbocycles. The minimum atomic E-state index is -0.581. The predicted molar refractivity (Wildman–Crippen MR) is 86.0 cm³/mol. The van der Waals surface area contributed by atoms with Crippen LogP contribution in [0.4, 0.5) is 0 Å². The van der Waals surface area contributed by atoms with Crippen molar-refractivity contribution in [3.05, 3.63) is 0 Å². The number of carbonyl (C=O) groups excluding carboxylic acids is 1.